The lowest BCUT2D eigenvalue weighted by Gasteiger charge is -2.23. The smallest absolute Gasteiger partial charge is 0.147 e. The van der Waals surface area contributed by atoms with E-state index in [1.807, 2.05) is 19.1 Å². The van der Waals surface area contributed by atoms with Crippen LogP contribution < -0.4 is 4.74 Å². The van der Waals surface area contributed by atoms with Gasteiger partial charge in [-0.25, -0.2) is 4.98 Å². The number of alkyl halides is 1. The van der Waals surface area contributed by atoms with E-state index in [9.17, 15) is 0 Å². The van der Waals surface area contributed by atoms with Gasteiger partial charge in [-0.3, -0.25) is 0 Å². The average Bonchev–Trinajstić information content (AvgIpc) is 2.88. The molecular formula is C16H21ClN2O2. The molecule has 3 rings (SSSR count). The number of rotatable bonds is 5. The number of fused-ring (bicyclic) bond motifs is 1. The van der Waals surface area contributed by atoms with Crippen molar-refractivity contribution in [2.24, 2.45) is 5.92 Å². The SMILES string of the molecule is CCOc1cccc2c1nc(CCl)n2CC1CCCOC1. The van der Waals surface area contributed by atoms with E-state index in [-0.39, 0.29) is 0 Å². The highest BCUT2D eigenvalue weighted by Crippen LogP contribution is 2.28. The molecule has 2 aromatic rings. The first kappa shape index (κ1) is 14.7. The van der Waals surface area contributed by atoms with Gasteiger partial charge in [-0.05, 0) is 31.9 Å². The van der Waals surface area contributed by atoms with Gasteiger partial charge >= 0.3 is 0 Å². The third-order valence-electron chi connectivity index (χ3n) is 3.94. The van der Waals surface area contributed by atoms with Gasteiger partial charge in [0.1, 0.15) is 17.1 Å². The van der Waals surface area contributed by atoms with Crippen LogP contribution in [0.1, 0.15) is 25.6 Å². The van der Waals surface area contributed by atoms with Gasteiger partial charge in [0.05, 0.1) is 24.6 Å². The first-order valence-electron chi connectivity index (χ1n) is 7.58. The maximum atomic E-state index is 6.10. The molecule has 21 heavy (non-hydrogen) atoms. The Morgan fingerprint density at radius 2 is 2.38 bits per heavy atom. The van der Waals surface area contributed by atoms with Gasteiger partial charge in [0.25, 0.3) is 0 Å². The second-order valence-corrected chi connectivity index (χ2v) is 5.68. The van der Waals surface area contributed by atoms with Crippen molar-refractivity contribution in [2.75, 3.05) is 19.8 Å². The third kappa shape index (κ3) is 3.01. The minimum Gasteiger partial charge on any atom is -0.492 e. The van der Waals surface area contributed by atoms with Crippen molar-refractivity contribution in [3.05, 3.63) is 24.0 Å². The van der Waals surface area contributed by atoms with E-state index in [1.165, 1.54) is 6.42 Å². The van der Waals surface area contributed by atoms with Crippen molar-refractivity contribution in [2.45, 2.75) is 32.2 Å². The van der Waals surface area contributed by atoms with Crippen molar-refractivity contribution in [3.8, 4) is 5.75 Å². The third-order valence-corrected chi connectivity index (χ3v) is 4.17. The largest absolute Gasteiger partial charge is 0.492 e. The van der Waals surface area contributed by atoms with E-state index in [0.29, 0.717) is 18.4 Å². The molecule has 0 saturated carbocycles. The Kier molecular flexibility index (Phi) is 4.66. The molecule has 0 amide bonds. The number of benzene rings is 1. The van der Waals surface area contributed by atoms with E-state index in [0.717, 1.165) is 48.8 Å². The summed E-state index contributed by atoms with van der Waals surface area (Å²) in [5, 5.41) is 0. The van der Waals surface area contributed by atoms with E-state index < -0.39 is 0 Å². The van der Waals surface area contributed by atoms with Gasteiger partial charge in [-0.15, -0.1) is 11.6 Å². The predicted octanol–water partition coefficient (Wildman–Crippen LogP) is 3.60. The number of para-hydroxylation sites is 1. The van der Waals surface area contributed by atoms with Gasteiger partial charge in [0.2, 0.25) is 0 Å². The molecule has 0 radical (unpaired) electrons. The van der Waals surface area contributed by atoms with Crippen LogP contribution in [0.3, 0.4) is 0 Å². The highest BCUT2D eigenvalue weighted by molar-refractivity contribution is 6.16. The van der Waals surface area contributed by atoms with E-state index in [2.05, 4.69) is 15.6 Å². The molecule has 0 aliphatic carbocycles. The maximum Gasteiger partial charge on any atom is 0.147 e. The molecule has 1 saturated heterocycles. The standard InChI is InChI=1S/C16H21ClN2O2/c1-2-21-14-7-3-6-13-16(14)18-15(9-17)19(13)10-12-5-4-8-20-11-12/h3,6-7,12H,2,4-5,8-11H2,1H3. The molecule has 2 heterocycles. The number of hydrogen-bond acceptors (Lipinski definition) is 3. The highest BCUT2D eigenvalue weighted by atomic mass is 35.5. The zero-order chi connectivity index (χ0) is 14.7. The summed E-state index contributed by atoms with van der Waals surface area (Å²) in [6.45, 7) is 5.25. The summed E-state index contributed by atoms with van der Waals surface area (Å²) in [5.41, 5.74) is 2.01. The molecule has 1 aromatic carbocycles. The lowest BCUT2D eigenvalue weighted by Crippen LogP contribution is -2.22. The second-order valence-electron chi connectivity index (χ2n) is 5.41. The normalized spacial score (nSPS) is 19.0. The minimum absolute atomic E-state index is 0.411. The quantitative estimate of drug-likeness (QED) is 0.792. The number of ether oxygens (including phenoxy) is 2. The molecule has 0 N–H and O–H groups in total. The summed E-state index contributed by atoms with van der Waals surface area (Å²) in [6, 6.07) is 6.07. The molecule has 1 aliphatic heterocycles. The molecule has 0 spiro atoms. The number of nitrogens with zero attached hydrogens (tertiary/aromatic N) is 2. The molecular weight excluding hydrogens is 288 g/mol. The van der Waals surface area contributed by atoms with Crippen LogP contribution in [0, 0.1) is 5.92 Å². The average molecular weight is 309 g/mol. The molecule has 1 fully saturated rings. The molecule has 0 bridgehead atoms. The lowest BCUT2D eigenvalue weighted by molar-refractivity contribution is 0.0485. The van der Waals surface area contributed by atoms with Crippen LogP contribution in [0.5, 0.6) is 5.75 Å². The van der Waals surface area contributed by atoms with Crippen LogP contribution >= 0.6 is 11.6 Å². The van der Waals surface area contributed by atoms with Gasteiger partial charge < -0.3 is 14.0 Å². The van der Waals surface area contributed by atoms with Crippen molar-refractivity contribution in [3.63, 3.8) is 0 Å². The first-order chi connectivity index (χ1) is 10.3. The molecule has 4 nitrogen and oxygen atoms in total. The zero-order valence-electron chi connectivity index (χ0n) is 12.3. The number of imidazole rings is 1. The highest BCUT2D eigenvalue weighted by Gasteiger charge is 2.19. The fourth-order valence-electron chi connectivity index (χ4n) is 2.96. The fourth-order valence-corrected chi connectivity index (χ4v) is 3.16. The van der Waals surface area contributed by atoms with Crippen molar-refractivity contribution >= 4 is 22.6 Å². The summed E-state index contributed by atoms with van der Waals surface area (Å²) >= 11 is 6.10. The van der Waals surface area contributed by atoms with E-state index in [1.54, 1.807) is 0 Å². The van der Waals surface area contributed by atoms with Crippen LogP contribution in [-0.2, 0) is 17.2 Å². The lowest BCUT2D eigenvalue weighted by atomic mass is 10.0. The Bertz CT molecular complexity index is 606. The second kappa shape index (κ2) is 6.67. The van der Waals surface area contributed by atoms with Crippen LogP contribution in [-0.4, -0.2) is 29.4 Å². The van der Waals surface area contributed by atoms with Crippen LogP contribution in [0.25, 0.3) is 11.0 Å². The van der Waals surface area contributed by atoms with Gasteiger partial charge in [0, 0.05) is 19.1 Å². The molecule has 5 heteroatoms. The Balaban J connectivity index is 1.97. The van der Waals surface area contributed by atoms with E-state index >= 15 is 0 Å². The Hall–Kier alpha value is -1.26. The monoisotopic (exact) mass is 308 g/mol. The van der Waals surface area contributed by atoms with Gasteiger partial charge in [-0.1, -0.05) is 6.07 Å². The predicted molar refractivity (Wildman–Crippen MR) is 84.0 cm³/mol. The van der Waals surface area contributed by atoms with Gasteiger partial charge in [0.15, 0.2) is 0 Å². The summed E-state index contributed by atoms with van der Waals surface area (Å²) in [5.74, 6) is 2.69. The number of hydrogen-bond donors (Lipinski definition) is 0. The Morgan fingerprint density at radius 3 is 3.10 bits per heavy atom. The summed E-state index contributed by atoms with van der Waals surface area (Å²) in [7, 11) is 0. The molecule has 1 aromatic heterocycles. The van der Waals surface area contributed by atoms with Crippen molar-refractivity contribution in [1.29, 1.82) is 0 Å². The number of aromatic nitrogens is 2. The van der Waals surface area contributed by atoms with Crippen LogP contribution in [0.4, 0.5) is 0 Å². The minimum atomic E-state index is 0.411. The number of halogens is 1. The maximum absolute atomic E-state index is 6.10. The van der Waals surface area contributed by atoms with E-state index in [4.69, 9.17) is 21.1 Å². The molecule has 1 atom stereocenters. The molecule has 1 aliphatic rings. The summed E-state index contributed by atoms with van der Waals surface area (Å²) in [4.78, 5) is 4.68. The topological polar surface area (TPSA) is 36.3 Å². The molecule has 1 unspecified atom stereocenters. The zero-order valence-corrected chi connectivity index (χ0v) is 13.1. The van der Waals surface area contributed by atoms with Gasteiger partial charge in [-0.2, -0.15) is 0 Å². The Labute approximate surface area is 130 Å². The summed E-state index contributed by atoms with van der Waals surface area (Å²) < 4.78 is 13.5. The Morgan fingerprint density at radius 1 is 1.48 bits per heavy atom. The van der Waals surface area contributed by atoms with Crippen molar-refractivity contribution in [1.82, 2.24) is 9.55 Å². The fraction of sp³-hybridized carbons (Fsp3) is 0.562. The summed E-state index contributed by atoms with van der Waals surface area (Å²) in [6.07, 6.45) is 2.34. The van der Waals surface area contributed by atoms with Crippen LogP contribution in [0.15, 0.2) is 18.2 Å². The van der Waals surface area contributed by atoms with Crippen LogP contribution in [0.2, 0.25) is 0 Å². The first-order valence-corrected chi connectivity index (χ1v) is 8.11. The van der Waals surface area contributed by atoms with Crippen molar-refractivity contribution < 1.29 is 9.47 Å². The molecule has 114 valence electrons.